The lowest BCUT2D eigenvalue weighted by atomic mass is 9.81. The maximum absolute atomic E-state index is 14.6. The molecule has 0 bridgehead atoms. The molecule has 14 nitrogen and oxygen atoms in total. The minimum atomic E-state index is -2.79. The van der Waals surface area contributed by atoms with Gasteiger partial charge in [-0.1, -0.05) is 120 Å². The number of cyclic esters (lactones) is 2. The fourth-order valence-corrected chi connectivity index (χ4v) is 9.92. The predicted octanol–water partition coefficient (Wildman–Crippen LogP) is 10.6. The lowest BCUT2D eigenvalue weighted by Crippen LogP contribution is -2.36. The molecule has 0 radical (unpaired) electrons. The Morgan fingerprint density at radius 2 is 1.10 bits per heavy atom. The third kappa shape index (κ3) is 20.7. The maximum Gasteiger partial charge on any atom is 0.414 e. The summed E-state index contributed by atoms with van der Waals surface area (Å²) in [4.78, 5) is 28.2. The van der Waals surface area contributed by atoms with Crippen LogP contribution in [-0.4, -0.2) is 149 Å². The van der Waals surface area contributed by atoms with E-state index < -0.39 is 77.2 Å². The zero-order valence-corrected chi connectivity index (χ0v) is 48.2. The van der Waals surface area contributed by atoms with Gasteiger partial charge in [-0.2, -0.15) is 0 Å². The summed E-state index contributed by atoms with van der Waals surface area (Å²) in [6.45, 7) is 14.9. The molecule has 4 aromatic rings. The van der Waals surface area contributed by atoms with Crippen LogP contribution in [0, 0.1) is 11.6 Å². The Morgan fingerprint density at radius 3 is 1.46 bits per heavy atom. The highest BCUT2D eigenvalue weighted by Gasteiger charge is 2.36. The molecule has 2 aliphatic carbocycles. The molecule has 2 aliphatic heterocycles. The Kier molecular flexibility index (Phi) is 29.3. The third-order valence-corrected chi connectivity index (χ3v) is 14.9. The largest absolute Gasteiger partial charge is 0.482 e. The van der Waals surface area contributed by atoms with Gasteiger partial charge >= 0.3 is 18.6 Å². The molecule has 81 heavy (non-hydrogen) atoms. The second kappa shape index (κ2) is 34.9. The molecule has 2 saturated carbocycles. The Bertz CT molecular complexity index is 2500. The van der Waals surface area contributed by atoms with Crippen LogP contribution in [0.1, 0.15) is 120 Å². The highest BCUT2D eigenvalue weighted by molar-refractivity contribution is 7.80. The van der Waals surface area contributed by atoms with Gasteiger partial charge in [0, 0.05) is 12.5 Å². The van der Waals surface area contributed by atoms with Crippen LogP contribution in [-0.2, 0) is 14.2 Å². The molecule has 8 atom stereocenters. The minimum Gasteiger partial charge on any atom is -0.482 e. The second-order valence-electron chi connectivity index (χ2n) is 19.5. The summed E-state index contributed by atoms with van der Waals surface area (Å²) in [5.74, 6) is -1.18. The number of nitrogens with two attached hydrogens (primary N) is 1. The van der Waals surface area contributed by atoms with E-state index in [2.05, 4.69) is 55.4 Å². The van der Waals surface area contributed by atoms with Crippen molar-refractivity contribution in [2.24, 2.45) is 5.73 Å². The van der Waals surface area contributed by atoms with Crippen molar-refractivity contribution in [2.45, 2.75) is 147 Å². The molecule has 4 fully saturated rings. The Morgan fingerprint density at radius 1 is 0.667 bits per heavy atom. The average Bonchev–Trinajstić information content (AvgIpc) is 4.16. The third-order valence-electron chi connectivity index (χ3n) is 14.3. The lowest BCUT2D eigenvalue weighted by molar-refractivity contribution is -0.0152. The normalized spacial score (nSPS) is 22.3. The molecular formula is C59H79F6N5O9S2. The van der Waals surface area contributed by atoms with E-state index in [1.54, 1.807) is 24.3 Å². The fraction of sp³-hybridized carbons (Fsp3) is 0.525. The van der Waals surface area contributed by atoms with Crippen LogP contribution in [0.25, 0.3) is 0 Å². The van der Waals surface area contributed by atoms with Gasteiger partial charge in [-0.3, -0.25) is 9.80 Å². The Balaban J connectivity index is 0.000000245. The zero-order chi connectivity index (χ0) is 59.8. The van der Waals surface area contributed by atoms with E-state index in [4.69, 9.17) is 19.9 Å². The van der Waals surface area contributed by atoms with Crippen molar-refractivity contribution >= 4 is 58.0 Å². The van der Waals surface area contributed by atoms with Crippen LogP contribution in [0.5, 0.6) is 0 Å². The average molecular weight is 1180 g/mol. The van der Waals surface area contributed by atoms with Crippen LogP contribution in [0.2, 0.25) is 0 Å². The highest BCUT2D eigenvalue weighted by Crippen LogP contribution is 2.38. The van der Waals surface area contributed by atoms with E-state index in [0.29, 0.717) is 67.6 Å². The second-order valence-corrected chi connectivity index (χ2v) is 20.3. The molecule has 8 rings (SSSR count). The molecular weight excluding hydrogens is 1100 g/mol. The van der Waals surface area contributed by atoms with Gasteiger partial charge in [0.1, 0.15) is 28.8 Å². The molecule has 4 unspecified atom stereocenters. The van der Waals surface area contributed by atoms with Crippen molar-refractivity contribution < 1.29 is 70.6 Å². The molecule has 7 N–H and O–H groups in total. The molecule has 22 heteroatoms. The first-order chi connectivity index (χ1) is 38.8. The first-order valence-corrected chi connectivity index (χ1v) is 28.4. The zero-order valence-electron chi connectivity index (χ0n) is 46.5. The number of nitrogens with zero attached hydrogens (tertiary/aromatic N) is 3. The topological polar surface area (TPSA) is 191 Å². The summed E-state index contributed by atoms with van der Waals surface area (Å²) in [5, 5.41) is 40.5. The number of rotatable bonds is 17. The smallest absolute Gasteiger partial charge is 0.414 e. The first kappa shape index (κ1) is 68.0. The van der Waals surface area contributed by atoms with E-state index in [1.165, 1.54) is 41.6 Å². The number of anilines is 2. The molecule has 2 heterocycles. The SMILES string of the molecule is CC.CCN(CC)CC.FC(F)C(=S)OCCC(c1ccccc1)c1ccccc1.NC[C@H]1CN(c2ccc(C3CCC(O)[C@@H](O)C3)c(F)c2)C(=O)O1.O=C1O[C@@H](CNC(=S)C(F)F)CN1c1ccc(C2CCC(O)[C@@H](O)C2)c(F)c1. The van der Waals surface area contributed by atoms with Gasteiger partial charge in [-0.15, -0.1) is 0 Å². The summed E-state index contributed by atoms with van der Waals surface area (Å²) >= 11 is 8.97. The standard InChI is InChI=1S/C18H21F3N2O4S.C17H16F2OS.C16H21FN2O4.C6H15N.C2H6/c19-13-6-10(2-3-12(13)9-1-4-14(24)15(25)5-9)23-8-11(27-18(23)26)7-22-17(28)16(20)21;18-16(19)17(21)20-12-11-15(13-7-3-1-4-8-13)14-9-5-2-6-10-14;17-13-6-10(19-8-11(7-18)23-16(19)22)2-3-12(13)9-1-4-14(20)15(21)5-9;1-4-7(5-2)6-3;1-2/h2-3,6,9,11,14-16,24-25H,1,4-5,7-8H2,(H,22,28);1-10,15-16H,11-12H2;2-3,6,9,11,14-15,20-21H,1,4-5,7-8,18H2;4-6H2,1-3H3;1-2H3/t9?,11-,14?,15-;;9?,11-,14?,15-;;/m0.0../s1. The van der Waals surface area contributed by atoms with Crippen molar-refractivity contribution in [3.05, 3.63) is 131 Å². The summed E-state index contributed by atoms with van der Waals surface area (Å²) in [7, 11) is 0. The number of halogens is 6. The molecule has 4 aliphatic rings. The molecule has 4 aromatic carbocycles. The van der Waals surface area contributed by atoms with Crippen LogP contribution in [0.4, 0.5) is 47.3 Å². The van der Waals surface area contributed by atoms with Crippen LogP contribution < -0.4 is 20.9 Å². The number of thiocarbonyl (C=S) groups is 2. The summed E-state index contributed by atoms with van der Waals surface area (Å²) in [5.41, 5.74) is 9.41. The van der Waals surface area contributed by atoms with Gasteiger partial charge in [0.25, 0.3) is 6.43 Å². The number of aliphatic hydroxyl groups excluding tert-OH is 4. The monoisotopic (exact) mass is 1180 g/mol. The van der Waals surface area contributed by atoms with E-state index in [-0.39, 0.29) is 56.5 Å². The number of ether oxygens (including phenoxy) is 3. The number of aliphatic hydroxyl groups is 4. The van der Waals surface area contributed by atoms with Crippen molar-refractivity contribution in [2.75, 3.05) is 62.2 Å². The summed E-state index contributed by atoms with van der Waals surface area (Å²) in [6.07, 6.45) is -7.81. The van der Waals surface area contributed by atoms with Crippen molar-refractivity contribution in [3.63, 3.8) is 0 Å². The number of alkyl halides is 4. The molecule has 2 amide bonds. The van der Waals surface area contributed by atoms with E-state index in [1.807, 2.05) is 74.5 Å². The lowest BCUT2D eigenvalue weighted by Gasteiger charge is -2.30. The quantitative estimate of drug-likeness (QED) is 0.0432. The number of nitrogens with one attached hydrogen (secondary N) is 1. The van der Waals surface area contributed by atoms with E-state index in [9.17, 15) is 56.4 Å². The number of benzene rings is 4. The molecule has 448 valence electrons. The van der Waals surface area contributed by atoms with E-state index >= 15 is 0 Å². The van der Waals surface area contributed by atoms with Gasteiger partial charge < -0.3 is 50.6 Å². The van der Waals surface area contributed by atoms with Gasteiger partial charge in [-0.05, 0) is 135 Å². The Hall–Kier alpha value is -5.46. The van der Waals surface area contributed by atoms with E-state index in [0.717, 1.165) is 11.1 Å². The minimum absolute atomic E-state index is 0.0612. The molecule has 2 saturated heterocycles. The van der Waals surface area contributed by atoms with Gasteiger partial charge in [0.15, 0.2) is 0 Å². The summed E-state index contributed by atoms with van der Waals surface area (Å²) < 4.78 is 93.7. The number of hydrogen-bond donors (Lipinski definition) is 6. The van der Waals surface area contributed by atoms with Gasteiger partial charge in [-0.25, -0.2) is 35.9 Å². The number of amides is 2. The Labute approximate surface area is 482 Å². The van der Waals surface area contributed by atoms with Crippen molar-refractivity contribution in [1.82, 2.24) is 10.2 Å². The first-order valence-electron chi connectivity index (χ1n) is 27.6. The van der Waals surface area contributed by atoms with Crippen LogP contribution in [0.3, 0.4) is 0 Å². The van der Waals surface area contributed by atoms with Crippen molar-refractivity contribution in [3.8, 4) is 0 Å². The number of carbonyl (C=O) groups excluding carboxylic acids is 2. The van der Waals surface area contributed by atoms with Gasteiger partial charge in [0.2, 0.25) is 5.05 Å². The maximum atomic E-state index is 14.6. The van der Waals surface area contributed by atoms with Crippen molar-refractivity contribution in [1.29, 1.82) is 0 Å². The van der Waals surface area contributed by atoms with Crippen LogP contribution >= 0.6 is 24.4 Å². The highest BCUT2D eigenvalue weighted by atomic mass is 32.1. The molecule has 0 spiro atoms. The van der Waals surface area contributed by atoms with Gasteiger partial charge in [0.05, 0.1) is 62.0 Å². The number of hydrogen-bond acceptors (Lipinski definition) is 13. The van der Waals surface area contributed by atoms with Crippen LogP contribution in [0.15, 0.2) is 97.1 Å². The number of carbonyl (C=O) groups is 2. The molecule has 0 aromatic heterocycles. The predicted molar refractivity (Wildman–Crippen MR) is 310 cm³/mol. The summed E-state index contributed by atoms with van der Waals surface area (Å²) in [6, 6.07) is 28.9. The fourth-order valence-electron chi connectivity index (χ4n) is 9.75.